The first-order chi connectivity index (χ1) is 13.3. The first kappa shape index (κ1) is 18.9. The minimum Gasteiger partial charge on any atom is -0.489 e. The van der Waals surface area contributed by atoms with Gasteiger partial charge in [0, 0.05) is 37.7 Å². The van der Waals surface area contributed by atoms with Gasteiger partial charge in [-0.2, -0.15) is 0 Å². The van der Waals surface area contributed by atoms with Crippen LogP contribution in [0, 0.1) is 0 Å². The molecule has 0 spiro atoms. The number of nitrogens with one attached hydrogen (secondary N) is 2. The largest absolute Gasteiger partial charge is 0.489 e. The van der Waals surface area contributed by atoms with Gasteiger partial charge in [-0.05, 0) is 18.2 Å². The highest BCUT2D eigenvalue weighted by Crippen LogP contribution is 2.27. The second kappa shape index (κ2) is 9.75. The summed E-state index contributed by atoms with van der Waals surface area (Å²) in [4.78, 5) is 12.6. The Hall–Kier alpha value is -2.83. The maximum Gasteiger partial charge on any atom is 0.287 e. The zero-order chi connectivity index (χ0) is 18.9. The monoisotopic (exact) mass is 368 g/mol. The van der Waals surface area contributed by atoms with Crippen LogP contribution in [0.2, 0.25) is 0 Å². The Morgan fingerprint density at radius 1 is 1.00 bits per heavy atom. The number of ether oxygens (including phenoxy) is 2. The van der Waals surface area contributed by atoms with Gasteiger partial charge < -0.3 is 24.5 Å². The van der Waals surface area contributed by atoms with Crippen molar-refractivity contribution < 1.29 is 18.7 Å². The van der Waals surface area contributed by atoms with Crippen LogP contribution in [0.4, 0.5) is 0 Å². The van der Waals surface area contributed by atoms with Crippen molar-refractivity contribution in [1.82, 2.24) is 10.6 Å². The molecule has 0 aliphatic carbocycles. The lowest BCUT2D eigenvalue weighted by atomic mass is 10.1. The van der Waals surface area contributed by atoms with Crippen LogP contribution in [-0.2, 0) is 11.3 Å². The Kier molecular flexibility index (Phi) is 6.84. The number of rotatable bonds is 10. The number of fused-ring (bicyclic) bond motifs is 1. The summed E-state index contributed by atoms with van der Waals surface area (Å²) in [5.41, 5.74) is 1.42. The standard InChI is InChI=1S/C21H24N2O4/c1-25-14-13-22-11-12-23-21(24)20-18(15-26-16-7-3-2-4-8-16)17-9-5-6-10-19(17)27-20/h2-10,22H,11-15H2,1H3,(H,23,24). The highest BCUT2D eigenvalue weighted by atomic mass is 16.5. The van der Waals surface area contributed by atoms with Gasteiger partial charge in [0.1, 0.15) is 17.9 Å². The fourth-order valence-electron chi connectivity index (χ4n) is 2.74. The first-order valence-electron chi connectivity index (χ1n) is 8.95. The van der Waals surface area contributed by atoms with Gasteiger partial charge in [-0.1, -0.05) is 36.4 Å². The Labute approximate surface area is 158 Å². The molecule has 0 bridgehead atoms. The Morgan fingerprint density at radius 2 is 1.78 bits per heavy atom. The maximum absolute atomic E-state index is 12.6. The predicted molar refractivity (Wildman–Crippen MR) is 104 cm³/mol. The number of benzene rings is 2. The van der Waals surface area contributed by atoms with E-state index >= 15 is 0 Å². The van der Waals surface area contributed by atoms with E-state index in [0.717, 1.165) is 23.2 Å². The topological polar surface area (TPSA) is 72.7 Å². The molecule has 1 heterocycles. The Bertz CT molecular complexity index is 861. The number of amides is 1. The van der Waals surface area contributed by atoms with Crippen LogP contribution in [0.15, 0.2) is 59.0 Å². The smallest absolute Gasteiger partial charge is 0.287 e. The molecule has 142 valence electrons. The summed E-state index contributed by atoms with van der Waals surface area (Å²) in [5, 5.41) is 6.96. The molecule has 0 aliphatic heterocycles. The van der Waals surface area contributed by atoms with E-state index in [1.807, 2.05) is 54.6 Å². The Balaban J connectivity index is 1.69. The number of furan rings is 1. The second-order valence-electron chi connectivity index (χ2n) is 6.01. The average molecular weight is 368 g/mol. The minimum atomic E-state index is -0.244. The van der Waals surface area contributed by atoms with Crippen LogP contribution in [0.5, 0.6) is 5.75 Å². The highest BCUT2D eigenvalue weighted by Gasteiger charge is 2.20. The van der Waals surface area contributed by atoms with Crippen LogP contribution in [0.25, 0.3) is 11.0 Å². The molecule has 1 amide bonds. The van der Waals surface area contributed by atoms with Crippen molar-refractivity contribution in [2.24, 2.45) is 0 Å². The van der Waals surface area contributed by atoms with Gasteiger partial charge in [0.15, 0.2) is 5.76 Å². The molecular formula is C21H24N2O4. The summed E-state index contributed by atoms with van der Waals surface area (Å²) in [5.74, 6) is 0.798. The molecule has 2 N–H and O–H groups in total. The van der Waals surface area contributed by atoms with Crippen LogP contribution >= 0.6 is 0 Å². The zero-order valence-corrected chi connectivity index (χ0v) is 15.4. The molecule has 0 atom stereocenters. The highest BCUT2D eigenvalue weighted by molar-refractivity contribution is 5.99. The van der Waals surface area contributed by atoms with Crippen LogP contribution in [-0.4, -0.2) is 39.3 Å². The van der Waals surface area contributed by atoms with Crippen LogP contribution in [0.1, 0.15) is 16.1 Å². The number of hydrogen-bond acceptors (Lipinski definition) is 5. The molecule has 0 fully saturated rings. The van der Waals surface area contributed by atoms with E-state index in [2.05, 4.69) is 10.6 Å². The summed E-state index contributed by atoms with van der Waals surface area (Å²) < 4.78 is 16.6. The molecule has 2 aromatic carbocycles. The molecule has 0 radical (unpaired) electrons. The first-order valence-corrected chi connectivity index (χ1v) is 8.95. The van der Waals surface area contributed by atoms with Crippen molar-refractivity contribution >= 4 is 16.9 Å². The third kappa shape index (κ3) is 5.09. The van der Waals surface area contributed by atoms with Gasteiger partial charge in [-0.25, -0.2) is 0 Å². The lowest BCUT2D eigenvalue weighted by molar-refractivity contribution is 0.0924. The van der Waals surface area contributed by atoms with E-state index in [1.54, 1.807) is 7.11 Å². The summed E-state index contributed by atoms with van der Waals surface area (Å²) in [6.45, 7) is 2.80. The molecule has 27 heavy (non-hydrogen) atoms. The number of hydrogen-bond donors (Lipinski definition) is 2. The molecule has 6 nitrogen and oxygen atoms in total. The van der Waals surface area contributed by atoms with E-state index in [4.69, 9.17) is 13.9 Å². The van der Waals surface area contributed by atoms with Gasteiger partial charge in [0.05, 0.1) is 6.61 Å². The van der Waals surface area contributed by atoms with Crippen molar-refractivity contribution in [2.45, 2.75) is 6.61 Å². The fraction of sp³-hybridized carbons (Fsp3) is 0.286. The Morgan fingerprint density at radius 3 is 2.59 bits per heavy atom. The van der Waals surface area contributed by atoms with Gasteiger partial charge in [0.25, 0.3) is 5.91 Å². The van der Waals surface area contributed by atoms with Gasteiger partial charge in [0.2, 0.25) is 0 Å². The lowest BCUT2D eigenvalue weighted by Gasteiger charge is -2.08. The number of carbonyl (C=O) groups excluding carboxylic acids is 1. The number of methoxy groups -OCH3 is 1. The third-order valence-corrected chi connectivity index (χ3v) is 4.10. The van der Waals surface area contributed by atoms with Crippen molar-refractivity contribution in [3.05, 3.63) is 65.9 Å². The molecule has 1 aromatic heterocycles. The van der Waals surface area contributed by atoms with Crippen molar-refractivity contribution in [2.75, 3.05) is 33.4 Å². The van der Waals surface area contributed by atoms with Crippen LogP contribution in [0.3, 0.4) is 0 Å². The van der Waals surface area contributed by atoms with E-state index in [-0.39, 0.29) is 12.5 Å². The van der Waals surface area contributed by atoms with Gasteiger partial charge in [-0.15, -0.1) is 0 Å². The maximum atomic E-state index is 12.6. The van der Waals surface area contributed by atoms with Crippen molar-refractivity contribution in [1.29, 1.82) is 0 Å². The zero-order valence-electron chi connectivity index (χ0n) is 15.4. The number of carbonyl (C=O) groups is 1. The molecule has 6 heteroatoms. The van der Waals surface area contributed by atoms with Gasteiger partial charge in [-0.3, -0.25) is 4.79 Å². The lowest BCUT2D eigenvalue weighted by Crippen LogP contribution is -2.33. The SMILES string of the molecule is COCCNCCNC(=O)c1oc2ccccc2c1COc1ccccc1. The van der Waals surface area contributed by atoms with E-state index in [9.17, 15) is 4.79 Å². The predicted octanol–water partition coefficient (Wildman–Crippen LogP) is 2.98. The van der Waals surface area contributed by atoms with E-state index in [1.165, 1.54) is 0 Å². The summed E-state index contributed by atoms with van der Waals surface area (Å²) >= 11 is 0. The third-order valence-electron chi connectivity index (χ3n) is 4.10. The second-order valence-corrected chi connectivity index (χ2v) is 6.01. The molecule has 0 saturated carbocycles. The van der Waals surface area contributed by atoms with E-state index < -0.39 is 0 Å². The minimum absolute atomic E-state index is 0.244. The number of para-hydroxylation sites is 2. The summed E-state index contributed by atoms with van der Waals surface area (Å²) in [6, 6.07) is 17.1. The van der Waals surface area contributed by atoms with E-state index in [0.29, 0.717) is 31.0 Å². The molecule has 3 aromatic rings. The molecule has 0 aliphatic rings. The normalized spacial score (nSPS) is 10.9. The summed E-state index contributed by atoms with van der Waals surface area (Å²) in [7, 11) is 1.66. The van der Waals surface area contributed by atoms with Crippen LogP contribution < -0.4 is 15.4 Å². The van der Waals surface area contributed by atoms with Crippen molar-refractivity contribution in [3.63, 3.8) is 0 Å². The van der Waals surface area contributed by atoms with Gasteiger partial charge >= 0.3 is 0 Å². The van der Waals surface area contributed by atoms with Crippen molar-refractivity contribution in [3.8, 4) is 5.75 Å². The molecule has 3 rings (SSSR count). The quantitative estimate of drug-likeness (QED) is 0.538. The fourth-order valence-corrected chi connectivity index (χ4v) is 2.74. The molecular weight excluding hydrogens is 344 g/mol. The summed E-state index contributed by atoms with van der Waals surface area (Å²) in [6.07, 6.45) is 0. The molecule has 0 unspecified atom stereocenters. The average Bonchev–Trinajstić information content (AvgIpc) is 3.08. The molecule has 0 saturated heterocycles.